The van der Waals surface area contributed by atoms with Crippen molar-refractivity contribution in [3.63, 3.8) is 0 Å². The summed E-state index contributed by atoms with van der Waals surface area (Å²) in [6.07, 6.45) is 0. The van der Waals surface area contributed by atoms with Gasteiger partial charge in [0.05, 0.1) is 4.47 Å². The Hall–Kier alpha value is -1.83. The number of rotatable bonds is 3. The minimum Gasteiger partial charge on any atom is -0.480 e. The number of nitrogens with zero attached hydrogens (tertiary/aromatic N) is 4. The minimum atomic E-state index is -1.07. The van der Waals surface area contributed by atoms with Gasteiger partial charge in [-0.2, -0.15) is 0 Å². The molecule has 6 nitrogen and oxygen atoms in total. The topological polar surface area (TPSA) is 80.9 Å². The van der Waals surface area contributed by atoms with Gasteiger partial charge in [-0.1, -0.05) is 0 Å². The van der Waals surface area contributed by atoms with Crippen LogP contribution < -0.4 is 0 Å². The van der Waals surface area contributed by atoms with E-state index < -0.39 is 11.8 Å². The SMILES string of the molecule is O=C(O)Cn1nnnc1-c1ccc(Br)c(F)c1. The molecule has 2 aromatic rings. The van der Waals surface area contributed by atoms with Crippen LogP contribution in [0.15, 0.2) is 22.7 Å². The van der Waals surface area contributed by atoms with Crippen molar-refractivity contribution < 1.29 is 14.3 Å². The highest BCUT2D eigenvalue weighted by molar-refractivity contribution is 9.10. The monoisotopic (exact) mass is 300 g/mol. The molecular formula is C9H6BrFN4O2. The van der Waals surface area contributed by atoms with Crippen LogP contribution in [-0.2, 0) is 11.3 Å². The third-order valence-electron chi connectivity index (χ3n) is 1.99. The van der Waals surface area contributed by atoms with Gasteiger partial charge in [-0.3, -0.25) is 4.79 Å². The van der Waals surface area contributed by atoms with Crippen LogP contribution in [-0.4, -0.2) is 31.3 Å². The average Bonchev–Trinajstić information content (AvgIpc) is 2.69. The summed E-state index contributed by atoms with van der Waals surface area (Å²) in [6, 6.07) is 4.33. The number of tetrazole rings is 1. The molecule has 0 aliphatic carbocycles. The molecule has 1 aromatic carbocycles. The third-order valence-corrected chi connectivity index (χ3v) is 2.64. The Morgan fingerprint density at radius 1 is 1.53 bits per heavy atom. The summed E-state index contributed by atoms with van der Waals surface area (Å²) in [5.41, 5.74) is 0.414. The maximum absolute atomic E-state index is 13.3. The fourth-order valence-corrected chi connectivity index (χ4v) is 1.53. The summed E-state index contributed by atoms with van der Waals surface area (Å²) in [5, 5.41) is 19.2. The van der Waals surface area contributed by atoms with E-state index in [1.54, 1.807) is 6.07 Å². The maximum Gasteiger partial charge on any atom is 0.325 e. The smallest absolute Gasteiger partial charge is 0.325 e. The number of hydrogen-bond acceptors (Lipinski definition) is 4. The number of benzene rings is 1. The van der Waals surface area contributed by atoms with Gasteiger partial charge in [0.1, 0.15) is 12.4 Å². The lowest BCUT2D eigenvalue weighted by molar-refractivity contribution is -0.137. The van der Waals surface area contributed by atoms with Crippen LogP contribution in [0.3, 0.4) is 0 Å². The summed E-state index contributed by atoms with van der Waals surface area (Å²) in [7, 11) is 0. The quantitative estimate of drug-likeness (QED) is 0.925. The number of halogens is 2. The number of carboxylic acids is 1. The van der Waals surface area contributed by atoms with E-state index >= 15 is 0 Å². The molecule has 1 N–H and O–H groups in total. The van der Waals surface area contributed by atoms with E-state index in [0.29, 0.717) is 10.0 Å². The molecule has 17 heavy (non-hydrogen) atoms. The first-order chi connectivity index (χ1) is 8.08. The predicted octanol–water partition coefficient (Wildman–Crippen LogP) is 1.33. The van der Waals surface area contributed by atoms with Gasteiger partial charge in [-0.25, -0.2) is 9.07 Å². The summed E-state index contributed by atoms with van der Waals surface area (Å²) in [4.78, 5) is 10.6. The van der Waals surface area contributed by atoms with Crippen LogP contribution in [0.5, 0.6) is 0 Å². The summed E-state index contributed by atoms with van der Waals surface area (Å²) in [5.74, 6) is -1.33. The molecular weight excluding hydrogens is 295 g/mol. The van der Waals surface area contributed by atoms with Crippen molar-refractivity contribution >= 4 is 21.9 Å². The van der Waals surface area contributed by atoms with E-state index in [0.717, 1.165) is 4.68 Å². The van der Waals surface area contributed by atoms with E-state index in [4.69, 9.17) is 5.11 Å². The molecule has 1 heterocycles. The largest absolute Gasteiger partial charge is 0.480 e. The molecule has 1 aromatic heterocycles. The number of hydrogen-bond donors (Lipinski definition) is 1. The van der Waals surface area contributed by atoms with Crippen LogP contribution in [0, 0.1) is 5.82 Å². The number of carboxylic acid groups (broad SMARTS) is 1. The normalized spacial score (nSPS) is 10.5. The third kappa shape index (κ3) is 2.47. The lowest BCUT2D eigenvalue weighted by Crippen LogP contribution is -2.11. The van der Waals surface area contributed by atoms with Gasteiger partial charge in [-0.15, -0.1) is 5.10 Å². The molecule has 88 valence electrons. The Kier molecular flexibility index (Phi) is 3.14. The molecule has 0 radical (unpaired) electrons. The lowest BCUT2D eigenvalue weighted by atomic mass is 10.2. The highest BCUT2D eigenvalue weighted by Crippen LogP contribution is 2.22. The fraction of sp³-hybridized carbons (Fsp3) is 0.111. The van der Waals surface area contributed by atoms with Gasteiger partial charge >= 0.3 is 5.97 Å². The first-order valence-corrected chi connectivity index (χ1v) is 5.30. The van der Waals surface area contributed by atoms with Crippen LogP contribution in [0.1, 0.15) is 0 Å². The molecule has 0 atom stereocenters. The highest BCUT2D eigenvalue weighted by atomic mass is 79.9. The first-order valence-electron chi connectivity index (χ1n) is 4.51. The molecule has 0 aliphatic heterocycles. The van der Waals surface area contributed by atoms with Crippen molar-refractivity contribution in [3.05, 3.63) is 28.5 Å². The Bertz CT molecular complexity index is 572. The van der Waals surface area contributed by atoms with Gasteiger partial charge in [0.25, 0.3) is 0 Å². The fourth-order valence-electron chi connectivity index (χ4n) is 1.28. The summed E-state index contributed by atoms with van der Waals surface area (Å²) >= 11 is 3.02. The zero-order chi connectivity index (χ0) is 12.4. The van der Waals surface area contributed by atoms with Crippen LogP contribution in [0.25, 0.3) is 11.4 Å². The molecule has 0 saturated carbocycles. The average molecular weight is 301 g/mol. The van der Waals surface area contributed by atoms with E-state index in [2.05, 4.69) is 31.5 Å². The summed E-state index contributed by atoms with van der Waals surface area (Å²) in [6.45, 7) is -0.375. The number of aliphatic carboxylic acids is 1. The van der Waals surface area contributed by atoms with Crippen molar-refractivity contribution in [2.24, 2.45) is 0 Å². The second kappa shape index (κ2) is 4.58. The zero-order valence-electron chi connectivity index (χ0n) is 8.34. The Balaban J connectivity index is 2.42. The highest BCUT2D eigenvalue weighted by Gasteiger charge is 2.12. The van der Waals surface area contributed by atoms with Crippen molar-refractivity contribution in [2.45, 2.75) is 6.54 Å². The van der Waals surface area contributed by atoms with Crippen LogP contribution in [0.4, 0.5) is 4.39 Å². The van der Waals surface area contributed by atoms with Gasteiger partial charge in [0.15, 0.2) is 5.82 Å². The molecule has 0 saturated heterocycles. The zero-order valence-corrected chi connectivity index (χ0v) is 9.93. The molecule has 2 rings (SSSR count). The van der Waals surface area contributed by atoms with E-state index in [1.165, 1.54) is 12.1 Å². The van der Waals surface area contributed by atoms with Crippen molar-refractivity contribution in [1.29, 1.82) is 0 Å². The standard InChI is InChI=1S/C9H6BrFN4O2/c10-6-2-1-5(3-7(6)11)9-12-13-14-15(9)4-8(16)17/h1-3H,4H2,(H,16,17). The number of aromatic nitrogens is 4. The molecule has 0 fully saturated rings. The molecule has 8 heteroatoms. The molecule has 0 amide bonds. The van der Waals surface area contributed by atoms with Crippen molar-refractivity contribution in [3.8, 4) is 11.4 Å². The molecule has 0 bridgehead atoms. The molecule has 0 aliphatic rings. The van der Waals surface area contributed by atoms with E-state index in [9.17, 15) is 9.18 Å². The summed E-state index contributed by atoms with van der Waals surface area (Å²) < 4.78 is 14.7. The van der Waals surface area contributed by atoms with Gasteiger partial charge in [-0.05, 0) is 44.6 Å². The van der Waals surface area contributed by atoms with Crippen molar-refractivity contribution in [1.82, 2.24) is 20.2 Å². The minimum absolute atomic E-state index is 0.207. The maximum atomic E-state index is 13.3. The Morgan fingerprint density at radius 2 is 2.29 bits per heavy atom. The second-order valence-electron chi connectivity index (χ2n) is 3.18. The van der Waals surface area contributed by atoms with Crippen molar-refractivity contribution in [2.75, 3.05) is 0 Å². The lowest BCUT2D eigenvalue weighted by Gasteiger charge is -2.02. The second-order valence-corrected chi connectivity index (χ2v) is 4.04. The Labute approximate surface area is 103 Å². The molecule has 0 spiro atoms. The van der Waals surface area contributed by atoms with Gasteiger partial charge in [0, 0.05) is 5.56 Å². The number of carbonyl (C=O) groups is 1. The first kappa shape index (κ1) is 11.6. The van der Waals surface area contributed by atoms with Crippen LogP contribution >= 0.6 is 15.9 Å². The van der Waals surface area contributed by atoms with Gasteiger partial charge in [0.2, 0.25) is 0 Å². The van der Waals surface area contributed by atoms with Crippen LogP contribution in [0.2, 0.25) is 0 Å². The Morgan fingerprint density at radius 3 is 2.94 bits per heavy atom. The van der Waals surface area contributed by atoms with E-state index in [1.807, 2.05) is 0 Å². The predicted molar refractivity (Wildman–Crippen MR) is 58.5 cm³/mol. The molecule has 0 unspecified atom stereocenters. The van der Waals surface area contributed by atoms with E-state index in [-0.39, 0.29) is 12.4 Å². The van der Waals surface area contributed by atoms with Gasteiger partial charge < -0.3 is 5.11 Å².